The number of rotatable bonds is 80. The minimum atomic E-state index is -4.39. The minimum Gasteiger partial charge on any atom is -0.462 e. The van der Waals surface area contributed by atoms with Crippen LogP contribution in [0, 0.1) is 0 Å². The Labute approximate surface area is 581 Å². The number of esters is 2. The molecule has 2 atom stereocenters. The number of carbonyl (C=O) groups excluding carboxylic acids is 2. The number of unbranched alkanes of at least 4 members (excludes halogenated alkanes) is 64. The smallest absolute Gasteiger partial charge is 0.462 e. The maximum atomic E-state index is 12.9. The number of quaternary nitrogens is 1. The van der Waals surface area contributed by atoms with Crippen molar-refractivity contribution in [3.63, 3.8) is 0 Å². The molecule has 0 aromatic heterocycles. The van der Waals surface area contributed by atoms with Crippen molar-refractivity contribution in [3.05, 3.63) is 12.2 Å². The number of allylic oxidation sites excluding steroid dienone is 2. The predicted octanol–water partition coefficient (Wildman–Crippen LogP) is 27.8. The third-order valence-electron chi connectivity index (χ3n) is 19.5. The lowest BCUT2D eigenvalue weighted by atomic mass is 10.0. The Morgan fingerprint density at radius 1 is 0.323 bits per heavy atom. The van der Waals surface area contributed by atoms with Crippen molar-refractivity contribution < 1.29 is 42.1 Å². The summed E-state index contributed by atoms with van der Waals surface area (Å²) >= 11 is 0. The zero-order chi connectivity index (χ0) is 67.6. The molecule has 0 spiro atoms. The Balaban J connectivity index is 3.86. The molecule has 0 fully saturated rings. The van der Waals surface area contributed by atoms with Crippen molar-refractivity contribution in [2.75, 3.05) is 47.5 Å². The van der Waals surface area contributed by atoms with Gasteiger partial charge in [0.1, 0.15) is 19.8 Å². The van der Waals surface area contributed by atoms with Crippen LogP contribution in [0.25, 0.3) is 0 Å². The molecule has 0 aromatic carbocycles. The molecule has 2 unspecified atom stereocenters. The summed E-state index contributed by atoms with van der Waals surface area (Å²) in [6, 6.07) is 0. The summed E-state index contributed by atoms with van der Waals surface area (Å²) in [4.78, 5) is 36.0. The Bertz CT molecular complexity index is 1570. The first kappa shape index (κ1) is 91.8. The Kier molecular flexibility index (Phi) is 74.0. The normalized spacial score (nSPS) is 13.0. The molecule has 10 heteroatoms. The van der Waals surface area contributed by atoms with Gasteiger partial charge in [0.25, 0.3) is 0 Å². The predicted molar refractivity (Wildman–Crippen MR) is 405 cm³/mol. The van der Waals surface area contributed by atoms with Crippen molar-refractivity contribution >= 4 is 19.8 Å². The molecule has 0 aliphatic carbocycles. The molecule has 93 heavy (non-hydrogen) atoms. The average molecular weight is 1340 g/mol. The van der Waals surface area contributed by atoms with E-state index < -0.39 is 26.5 Å². The molecule has 0 bridgehead atoms. The van der Waals surface area contributed by atoms with Crippen LogP contribution < -0.4 is 0 Å². The van der Waals surface area contributed by atoms with Crippen molar-refractivity contribution in [1.29, 1.82) is 0 Å². The lowest BCUT2D eigenvalue weighted by Crippen LogP contribution is -2.37. The maximum Gasteiger partial charge on any atom is 0.472 e. The van der Waals surface area contributed by atoms with Gasteiger partial charge in [-0.2, -0.15) is 0 Å². The Hall–Kier alpha value is -1.25. The standard InChI is InChI=1S/C83H164NO8P/c1-6-8-10-12-14-16-18-20-22-24-26-28-30-32-34-36-38-39-40-41-42-43-44-46-47-49-51-53-55-57-59-61-63-65-67-69-71-73-75-82(85)89-79-81(80-91-93(87,88)90-78-77-84(3,4)5)92-83(86)76-74-72-70-68-66-64-62-60-58-56-54-52-50-48-45-37-35-33-31-29-27-25-23-21-19-17-15-13-11-9-7-2/h25,27,81H,6-24,26,28-80H2,1-5H3/p+1/b27-25-. The second kappa shape index (κ2) is 75.0. The van der Waals surface area contributed by atoms with Crippen LogP contribution in [0.2, 0.25) is 0 Å². The third-order valence-corrected chi connectivity index (χ3v) is 20.5. The fourth-order valence-electron chi connectivity index (χ4n) is 13.1. The summed E-state index contributed by atoms with van der Waals surface area (Å²) in [5.41, 5.74) is 0. The van der Waals surface area contributed by atoms with E-state index in [2.05, 4.69) is 26.0 Å². The molecule has 0 heterocycles. The molecular formula is C83H165NO8P+. The van der Waals surface area contributed by atoms with Crippen LogP contribution >= 0.6 is 7.82 Å². The van der Waals surface area contributed by atoms with Gasteiger partial charge in [-0.15, -0.1) is 0 Å². The average Bonchev–Trinajstić information content (AvgIpc) is 2.02. The van der Waals surface area contributed by atoms with Crippen LogP contribution in [0.1, 0.15) is 457 Å². The first-order chi connectivity index (χ1) is 45.5. The minimum absolute atomic E-state index is 0.0368. The summed E-state index contributed by atoms with van der Waals surface area (Å²) in [7, 11) is 1.51. The number of hydrogen-bond donors (Lipinski definition) is 1. The number of phosphoric acid groups is 1. The van der Waals surface area contributed by atoms with Gasteiger partial charge in [-0.25, -0.2) is 4.57 Å². The summed E-state index contributed by atoms with van der Waals surface area (Å²) < 4.78 is 34.9. The number of carbonyl (C=O) groups is 2. The third kappa shape index (κ3) is 79.6. The van der Waals surface area contributed by atoms with Crippen LogP contribution in [0.4, 0.5) is 0 Å². The highest BCUT2D eigenvalue weighted by Gasteiger charge is 2.27. The molecule has 1 N–H and O–H groups in total. The van der Waals surface area contributed by atoms with E-state index in [0.29, 0.717) is 17.4 Å². The van der Waals surface area contributed by atoms with E-state index in [4.69, 9.17) is 18.5 Å². The Morgan fingerprint density at radius 3 is 0.796 bits per heavy atom. The molecule has 0 saturated carbocycles. The van der Waals surface area contributed by atoms with E-state index >= 15 is 0 Å². The molecule has 0 aliphatic rings. The highest BCUT2D eigenvalue weighted by molar-refractivity contribution is 7.47. The molecule has 0 amide bonds. The van der Waals surface area contributed by atoms with E-state index in [9.17, 15) is 19.0 Å². The SMILES string of the molecule is CCCCCCCCCC/C=C\CCCCCCCCCCCCCCCCCCCCCC(=O)OC(COC(=O)CCCCCCCCCCCCCCCCCCCCCCCCCCCCCCCCCCCCCCCC)COP(=O)(O)OCC[N+](C)(C)C. The molecule has 0 saturated heterocycles. The molecule has 0 aliphatic heterocycles. The van der Waals surface area contributed by atoms with Gasteiger partial charge in [0.2, 0.25) is 0 Å². The lowest BCUT2D eigenvalue weighted by molar-refractivity contribution is -0.870. The zero-order valence-corrected chi connectivity index (χ0v) is 64.4. The number of phosphoric ester groups is 1. The van der Waals surface area contributed by atoms with E-state index in [1.165, 1.54) is 392 Å². The van der Waals surface area contributed by atoms with Gasteiger partial charge in [0.05, 0.1) is 27.7 Å². The second-order valence-electron chi connectivity index (χ2n) is 30.2. The largest absolute Gasteiger partial charge is 0.472 e. The fraction of sp³-hybridized carbons (Fsp3) is 0.952. The van der Waals surface area contributed by atoms with Crippen LogP contribution in [-0.2, 0) is 32.7 Å². The van der Waals surface area contributed by atoms with Crippen molar-refractivity contribution in [3.8, 4) is 0 Å². The van der Waals surface area contributed by atoms with Gasteiger partial charge < -0.3 is 18.9 Å². The fourth-order valence-corrected chi connectivity index (χ4v) is 13.9. The molecule has 0 radical (unpaired) electrons. The summed E-state index contributed by atoms with van der Waals surface area (Å²) in [6.07, 6.45) is 95.3. The molecular weight excluding hydrogens is 1170 g/mol. The van der Waals surface area contributed by atoms with Crippen LogP contribution in [0.5, 0.6) is 0 Å². The van der Waals surface area contributed by atoms with E-state index in [0.717, 1.165) is 38.5 Å². The van der Waals surface area contributed by atoms with Gasteiger partial charge in [0.15, 0.2) is 6.10 Å². The van der Waals surface area contributed by atoms with Gasteiger partial charge in [-0.05, 0) is 38.5 Å². The van der Waals surface area contributed by atoms with Crippen LogP contribution in [-0.4, -0.2) is 74.9 Å². The molecule has 0 aromatic rings. The first-order valence-electron chi connectivity index (χ1n) is 41.9. The number of nitrogens with zero attached hydrogens (tertiary/aromatic N) is 1. The van der Waals surface area contributed by atoms with Crippen LogP contribution in [0.15, 0.2) is 12.2 Å². The Morgan fingerprint density at radius 2 is 0.548 bits per heavy atom. The monoisotopic (exact) mass is 1340 g/mol. The summed E-state index contributed by atoms with van der Waals surface area (Å²) in [5.74, 6) is -0.766. The lowest BCUT2D eigenvalue weighted by Gasteiger charge is -2.24. The highest BCUT2D eigenvalue weighted by atomic mass is 31.2. The molecule has 554 valence electrons. The first-order valence-corrected chi connectivity index (χ1v) is 43.4. The number of hydrogen-bond acceptors (Lipinski definition) is 7. The van der Waals surface area contributed by atoms with Crippen molar-refractivity contribution in [2.24, 2.45) is 0 Å². The topological polar surface area (TPSA) is 108 Å². The number of ether oxygens (including phenoxy) is 2. The van der Waals surface area contributed by atoms with Gasteiger partial charge in [0, 0.05) is 12.8 Å². The van der Waals surface area contributed by atoms with Crippen molar-refractivity contribution in [1.82, 2.24) is 0 Å². The van der Waals surface area contributed by atoms with E-state index in [-0.39, 0.29) is 25.6 Å². The van der Waals surface area contributed by atoms with E-state index in [1.807, 2.05) is 21.1 Å². The maximum absolute atomic E-state index is 12.9. The molecule has 0 rings (SSSR count). The molecule has 9 nitrogen and oxygen atoms in total. The van der Waals surface area contributed by atoms with Gasteiger partial charge in [-0.1, -0.05) is 418 Å². The zero-order valence-electron chi connectivity index (χ0n) is 63.6. The summed E-state index contributed by atoms with van der Waals surface area (Å²) in [6.45, 7) is 4.54. The van der Waals surface area contributed by atoms with Crippen LogP contribution in [0.3, 0.4) is 0 Å². The van der Waals surface area contributed by atoms with Crippen molar-refractivity contribution in [2.45, 2.75) is 463 Å². The number of likely N-dealkylation sites (N-methyl/N-ethyl adjacent to an activating group) is 1. The second-order valence-corrected chi connectivity index (χ2v) is 31.7. The van der Waals surface area contributed by atoms with Gasteiger partial charge in [-0.3, -0.25) is 18.6 Å². The quantitative estimate of drug-likeness (QED) is 0.0211. The van der Waals surface area contributed by atoms with E-state index in [1.54, 1.807) is 0 Å². The van der Waals surface area contributed by atoms with Gasteiger partial charge >= 0.3 is 19.8 Å². The highest BCUT2D eigenvalue weighted by Crippen LogP contribution is 2.43. The summed E-state index contributed by atoms with van der Waals surface area (Å²) in [5, 5.41) is 0.